The molecule has 1 aliphatic heterocycles. The number of benzene rings is 1. The van der Waals surface area contributed by atoms with Gasteiger partial charge in [-0.25, -0.2) is 0 Å². The highest BCUT2D eigenvalue weighted by Crippen LogP contribution is 2.31. The van der Waals surface area contributed by atoms with E-state index in [0.29, 0.717) is 5.92 Å². The molecule has 1 fully saturated rings. The molecule has 1 heterocycles. The Kier molecular flexibility index (Phi) is 3.65. The number of rotatable bonds is 2. The van der Waals surface area contributed by atoms with Crippen LogP contribution in [0.15, 0.2) is 18.2 Å². The van der Waals surface area contributed by atoms with E-state index in [-0.39, 0.29) is 0 Å². The average molecular weight is 217 g/mol. The lowest BCUT2D eigenvalue weighted by atomic mass is 9.81. The van der Waals surface area contributed by atoms with Crippen molar-refractivity contribution < 1.29 is 0 Å². The molecule has 16 heavy (non-hydrogen) atoms. The van der Waals surface area contributed by atoms with Crippen LogP contribution in [0.4, 0.5) is 0 Å². The molecule has 1 aromatic rings. The number of aryl methyl sites for hydroxylation is 2. The minimum Gasteiger partial charge on any atom is -0.317 e. The molecular weight excluding hydrogens is 194 g/mol. The molecule has 1 nitrogen and oxygen atoms in total. The van der Waals surface area contributed by atoms with Crippen molar-refractivity contribution in [2.24, 2.45) is 5.92 Å². The molecule has 2 rings (SSSR count). The Labute approximate surface area is 99.3 Å². The lowest BCUT2D eigenvalue weighted by Gasteiger charge is -2.28. The molecule has 0 amide bonds. The van der Waals surface area contributed by atoms with Gasteiger partial charge in [-0.05, 0) is 68.3 Å². The van der Waals surface area contributed by atoms with Gasteiger partial charge in [-0.2, -0.15) is 0 Å². The lowest BCUT2D eigenvalue weighted by Crippen LogP contribution is -2.30. The first-order chi connectivity index (χ1) is 7.68. The fourth-order valence-corrected chi connectivity index (χ4v) is 2.66. The van der Waals surface area contributed by atoms with Crippen LogP contribution < -0.4 is 5.32 Å². The van der Waals surface area contributed by atoms with Crippen molar-refractivity contribution in [2.45, 2.75) is 39.5 Å². The summed E-state index contributed by atoms with van der Waals surface area (Å²) in [6, 6.07) is 6.96. The SMILES string of the molecule is Cc1ccc(C(C)C2CCNCC2)cc1C. The van der Waals surface area contributed by atoms with Crippen molar-refractivity contribution >= 4 is 0 Å². The number of piperidine rings is 1. The van der Waals surface area contributed by atoms with Gasteiger partial charge in [0, 0.05) is 0 Å². The van der Waals surface area contributed by atoms with Crippen LogP contribution in [0.5, 0.6) is 0 Å². The predicted octanol–water partition coefficient (Wildman–Crippen LogP) is 3.41. The first-order valence-corrected chi connectivity index (χ1v) is 6.46. The summed E-state index contributed by atoms with van der Waals surface area (Å²) in [5.41, 5.74) is 4.36. The van der Waals surface area contributed by atoms with E-state index in [1.165, 1.54) is 42.6 Å². The van der Waals surface area contributed by atoms with Crippen LogP contribution in [-0.2, 0) is 0 Å². The van der Waals surface area contributed by atoms with Gasteiger partial charge >= 0.3 is 0 Å². The second-order valence-electron chi connectivity index (χ2n) is 5.22. The number of hydrogen-bond acceptors (Lipinski definition) is 1. The van der Waals surface area contributed by atoms with Crippen molar-refractivity contribution in [3.05, 3.63) is 34.9 Å². The monoisotopic (exact) mass is 217 g/mol. The van der Waals surface area contributed by atoms with E-state index in [9.17, 15) is 0 Å². The Bertz CT molecular complexity index is 350. The zero-order valence-electron chi connectivity index (χ0n) is 10.7. The van der Waals surface area contributed by atoms with Gasteiger partial charge in [-0.1, -0.05) is 25.1 Å². The van der Waals surface area contributed by atoms with Crippen LogP contribution in [0, 0.1) is 19.8 Å². The molecule has 88 valence electrons. The molecule has 0 aliphatic carbocycles. The van der Waals surface area contributed by atoms with E-state index in [0.717, 1.165) is 5.92 Å². The first kappa shape index (κ1) is 11.7. The summed E-state index contributed by atoms with van der Waals surface area (Å²) in [7, 11) is 0. The minimum atomic E-state index is 0.710. The Morgan fingerprint density at radius 3 is 2.44 bits per heavy atom. The van der Waals surface area contributed by atoms with E-state index in [2.05, 4.69) is 44.3 Å². The van der Waals surface area contributed by atoms with Gasteiger partial charge in [0.05, 0.1) is 0 Å². The molecule has 0 saturated carbocycles. The summed E-state index contributed by atoms with van der Waals surface area (Å²) >= 11 is 0. The second kappa shape index (κ2) is 5.01. The van der Waals surface area contributed by atoms with Crippen LogP contribution in [0.2, 0.25) is 0 Å². The molecular formula is C15H23N. The minimum absolute atomic E-state index is 0.710. The molecule has 1 saturated heterocycles. The van der Waals surface area contributed by atoms with E-state index in [1.807, 2.05) is 0 Å². The highest BCUT2D eigenvalue weighted by Gasteiger charge is 2.21. The summed E-state index contributed by atoms with van der Waals surface area (Å²) in [4.78, 5) is 0. The Balaban J connectivity index is 2.12. The maximum absolute atomic E-state index is 3.44. The highest BCUT2D eigenvalue weighted by atomic mass is 14.9. The summed E-state index contributed by atoms with van der Waals surface area (Å²) in [5.74, 6) is 1.57. The Hall–Kier alpha value is -0.820. The zero-order chi connectivity index (χ0) is 11.5. The quantitative estimate of drug-likeness (QED) is 0.800. The fourth-order valence-electron chi connectivity index (χ4n) is 2.66. The van der Waals surface area contributed by atoms with Crippen LogP contribution in [0.1, 0.15) is 42.4 Å². The van der Waals surface area contributed by atoms with Crippen LogP contribution in [0.25, 0.3) is 0 Å². The average Bonchev–Trinajstić information content (AvgIpc) is 2.33. The molecule has 1 atom stereocenters. The van der Waals surface area contributed by atoms with Crippen molar-refractivity contribution in [1.82, 2.24) is 5.32 Å². The maximum atomic E-state index is 3.44. The standard InChI is InChI=1S/C15H23N/c1-11-4-5-15(10-12(11)2)13(3)14-6-8-16-9-7-14/h4-5,10,13-14,16H,6-9H2,1-3H3. The second-order valence-corrected chi connectivity index (χ2v) is 5.22. The van der Waals surface area contributed by atoms with Crippen LogP contribution in [0.3, 0.4) is 0 Å². The van der Waals surface area contributed by atoms with Crippen molar-refractivity contribution in [3.8, 4) is 0 Å². The molecule has 0 radical (unpaired) electrons. The van der Waals surface area contributed by atoms with Crippen molar-refractivity contribution in [2.75, 3.05) is 13.1 Å². The summed E-state index contributed by atoms with van der Waals surface area (Å²) in [6.07, 6.45) is 2.65. The van der Waals surface area contributed by atoms with Crippen molar-refractivity contribution in [3.63, 3.8) is 0 Å². The highest BCUT2D eigenvalue weighted by molar-refractivity contribution is 5.32. The zero-order valence-corrected chi connectivity index (χ0v) is 10.7. The molecule has 0 aromatic heterocycles. The molecule has 1 heteroatoms. The Morgan fingerprint density at radius 2 is 1.81 bits per heavy atom. The van der Waals surface area contributed by atoms with Gasteiger partial charge in [0.1, 0.15) is 0 Å². The van der Waals surface area contributed by atoms with Crippen molar-refractivity contribution in [1.29, 1.82) is 0 Å². The van der Waals surface area contributed by atoms with Crippen LogP contribution in [-0.4, -0.2) is 13.1 Å². The third kappa shape index (κ3) is 2.46. The maximum Gasteiger partial charge on any atom is -0.00461 e. The summed E-state index contributed by atoms with van der Waals surface area (Å²) < 4.78 is 0. The van der Waals surface area contributed by atoms with E-state index in [4.69, 9.17) is 0 Å². The van der Waals surface area contributed by atoms with Gasteiger partial charge in [0.25, 0.3) is 0 Å². The summed E-state index contributed by atoms with van der Waals surface area (Å²) in [6.45, 7) is 9.18. The van der Waals surface area contributed by atoms with E-state index < -0.39 is 0 Å². The Morgan fingerprint density at radius 1 is 1.12 bits per heavy atom. The largest absolute Gasteiger partial charge is 0.317 e. The van der Waals surface area contributed by atoms with Gasteiger partial charge in [0.15, 0.2) is 0 Å². The molecule has 1 aromatic carbocycles. The molecule has 1 N–H and O–H groups in total. The summed E-state index contributed by atoms with van der Waals surface area (Å²) in [5, 5.41) is 3.44. The van der Waals surface area contributed by atoms with Gasteiger partial charge in [-0.3, -0.25) is 0 Å². The first-order valence-electron chi connectivity index (χ1n) is 6.46. The van der Waals surface area contributed by atoms with Gasteiger partial charge in [-0.15, -0.1) is 0 Å². The molecule has 1 aliphatic rings. The lowest BCUT2D eigenvalue weighted by molar-refractivity contribution is 0.330. The van der Waals surface area contributed by atoms with Crippen LogP contribution >= 0.6 is 0 Å². The normalized spacial score (nSPS) is 19.7. The molecule has 0 bridgehead atoms. The fraction of sp³-hybridized carbons (Fsp3) is 0.600. The topological polar surface area (TPSA) is 12.0 Å². The van der Waals surface area contributed by atoms with E-state index >= 15 is 0 Å². The number of nitrogens with one attached hydrogen (secondary N) is 1. The van der Waals surface area contributed by atoms with Gasteiger partial charge < -0.3 is 5.32 Å². The number of hydrogen-bond donors (Lipinski definition) is 1. The third-order valence-corrected chi connectivity index (χ3v) is 4.15. The third-order valence-electron chi connectivity index (χ3n) is 4.15. The van der Waals surface area contributed by atoms with E-state index in [1.54, 1.807) is 0 Å². The van der Waals surface area contributed by atoms with Gasteiger partial charge in [0.2, 0.25) is 0 Å². The predicted molar refractivity (Wildman–Crippen MR) is 69.9 cm³/mol. The smallest absolute Gasteiger partial charge is 0.00461 e. The molecule has 1 unspecified atom stereocenters. The molecule has 0 spiro atoms.